The van der Waals surface area contributed by atoms with Crippen LogP contribution >= 0.6 is 0 Å². The Balaban J connectivity index is 2.53. The third-order valence-corrected chi connectivity index (χ3v) is 5.03. The van der Waals surface area contributed by atoms with Crippen LogP contribution < -0.4 is 0 Å². The molecule has 196 valence electrons. The van der Waals surface area contributed by atoms with Crippen molar-refractivity contribution in [2.75, 3.05) is 26.4 Å². The first kappa shape index (κ1) is 30.3. The molecule has 8 nitrogen and oxygen atoms in total. The topological polar surface area (TPSA) is 108 Å². The predicted octanol–water partition coefficient (Wildman–Crippen LogP) is 3.99. The summed E-state index contributed by atoms with van der Waals surface area (Å²) < 4.78 is 32.9. The number of ether oxygens (including phenoxy) is 4. The van der Waals surface area contributed by atoms with E-state index in [2.05, 4.69) is 0 Å². The number of aliphatic hydroxyl groups is 1. The van der Waals surface area contributed by atoms with Gasteiger partial charge in [0, 0.05) is 6.61 Å². The van der Waals surface area contributed by atoms with Crippen LogP contribution in [0.15, 0.2) is 30.3 Å². The molecule has 0 aliphatic heterocycles. The average molecular weight is 497 g/mol. The van der Waals surface area contributed by atoms with E-state index in [9.17, 15) is 23.9 Å². The molecule has 0 aliphatic carbocycles. The van der Waals surface area contributed by atoms with Crippen LogP contribution in [0.5, 0.6) is 0 Å². The van der Waals surface area contributed by atoms with Crippen molar-refractivity contribution < 1.29 is 42.8 Å². The van der Waals surface area contributed by atoms with Gasteiger partial charge in [-0.15, -0.1) is 0 Å². The molecule has 0 fully saturated rings. The van der Waals surface area contributed by atoms with Gasteiger partial charge < -0.3 is 24.1 Å². The van der Waals surface area contributed by atoms with Crippen molar-refractivity contribution in [1.29, 1.82) is 0 Å². The van der Waals surface area contributed by atoms with Crippen molar-refractivity contribution in [1.82, 2.24) is 0 Å². The second-order valence-corrected chi connectivity index (χ2v) is 7.72. The first-order valence-corrected chi connectivity index (χ1v) is 12.1. The molecule has 35 heavy (non-hydrogen) atoms. The fourth-order valence-electron chi connectivity index (χ4n) is 3.25. The van der Waals surface area contributed by atoms with Gasteiger partial charge in [-0.1, -0.05) is 43.5 Å². The molecule has 1 unspecified atom stereocenters. The lowest BCUT2D eigenvalue weighted by molar-refractivity contribution is -0.208. The highest BCUT2D eigenvalue weighted by Gasteiger charge is 2.58. The number of benzene rings is 1. The maximum absolute atomic E-state index is 12.9. The number of allylic oxidation sites excluding steroid dienone is 1. The normalized spacial score (nSPS) is 12.4. The fourth-order valence-corrected chi connectivity index (χ4v) is 3.25. The van der Waals surface area contributed by atoms with Crippen molar-refractivity contribution in [3.63, 3.8) is 0 Å². The van der Waals surface area contributed by atoms with Gasteiger partial charge in [-0.25, -0.2) is 18.8 Å². The Kier molecular flexibility index (Phi) is 14.5. The van der Waals surface area contributed by atoms with E-state index in [0.717, 1.165) is 37.7 Å². The maximum Gasteiger partial charge on any atom is 0.353 e. The van der Waals surface area contributed by atoms with Crippen LogP contribution in [-0.4, -0.2) is 61.1 Å². The lowest BCUT2D eigenvalue weighted by Gasteiger charge is -2.30. The monoisotopic (exact) mass is 496 g/mol. The highest BCUT2D eigenvalue weighted by molar-refractivity contribution is 6.08. The molecular formula is C26H37FO8. The molecule has 0 aliphatic rings. The third-order valence-electron chi connectivity index (χ3n) is 5.03. The summed E-state index contributed by atoms with van der Waals surface area (Å²) in [6, 6.07) is 6.30. The first-order chi connectivity index (χ1) is 16.8. The minimum Gasteiger partial charge on any atom is -0.464 e. The predicted molar refractivity (Wildman–Crippen MR) is 128 cm³/mol. The second-order valence-electron chi connectivity index (χ2n) is 7.72. The first-order valence-electron chi connectivity index (χ1n) is 12.1. The van der Waals surface area contributed by atoms with Crippen molar-refractivity contribution in [2.45, 2.75) is 71.0 Å². The molecule has 1 rings (SSSR count). The van der Waals surface area contributed by atoms with Gasteiger partial charge >= 0.3 is 17.9 Å². The van der Waals surface area contributed by atoms with Crippen molar-refractivity contribution in [3.8, 4) is 0 Å². The van der Waals surface area contributed by atoms with Crippen LogP contribution in [0, 0.1) is 5.82 Å². The largest absolute Gasteiger partial charge is 0.464 e. The van der Waals surface area contributed by atoms with E-state index in [4.69, 9.17) is 18.9 Å². The van der Waals surface area contributed by atoms with Gasteiger partial charge in [-0.3, -0.25) is 0 Å². The number of hydrogen-bond donors (Lipinski definition) is 1. The fraction of sp³-hybridized carbons (Fsp3) is 0.577. The molecule has 9 heteroatoms. The van der Waals surface area contributed by atoms with Crippen molar-refractivity contribution in [2.24, 2.45) is 0 Å². The highest BCUT2D eigenvalue weighted by atomic mass is 19.1. The van der Waals surface area contributed by atoms with Crippen LogP contribution in [0.25, 0.3) is 6.08 Å². The lowest BCUT2D eigenvalue weighted by atomic mass is 9.96. The zero-order valence-corrected chi connectivity index (χ0v) is 20.8. The Morgan fingerprint density at radius 1 is 0.886 bits per heavy atom. The summed E-state index contributed by atoms with van der Waals surface area (Å²) >= 11 is 0. The van der Waals surface area contributed by atoms with Gasteiger partial charge in [0.25, 0.3) is 5.60 Å². The summed E-state index contributed by atoms with van der Waals surface area (Å²) in [5.74, 6) is -3.97. The SMILES string of the molecule is CCOC(=O)C(OCCCCCCCC=Cc1ccc(F)cc1)C(O)(C(=O)OCC)C(=O)OCC. The van der Waals surface area contributed by atoms with Crippen molar-refractivity contribution in [3.05, 3.63) is 41.7 Å². The van der Waals surface area contributed by atoms with Gasteiger partial charge in [-0.2, -0.15) is 0 Å². The summed E-state index contributed by atoms with van der Waals surface area (Å²) in [6.07, 6.45) is 7.20. The van der Waals surface area contributed by atoms with E-state index in [1.54, 1.807) is 19.1 Å². The van der Waals surface area contributed by atoms with E-state index in [-0.39, 0.29) is 32.2 Å². The minimum absolute atomic E-state index is 0.0229. The summed E-state index contributed by atoms with van der Waals surface area (Å²) in [5, 5.41) is 10.9. The Bertz CT molecular complexity index is 788. The third kappa shape index (κ3) is 10.2. The molecule has 1 N–H and O–H groups in total. The Morgan fingerprint density at radius 3 is 2.00 bits per heavy atom. The molecule has 0 spiro atoms. The highest BCUT2D eigenvalue weighted by Crippen LogP contribution is 2.22. The zero-order chi connectivity index (χ0) is 26.1. The summed E-state index contributed by atoms with van der Waals surface area (Å²) in [5.41, 5.74) is -2.01. The molecule has 0 bridgehead atoms. The van der Waals surface area contributed by atoms with E-state index < -0.39 is 29.6 Å². The molecule has 0 amide bonds. The quantitative estimate of drug-likeness (QED) is 0.149. The molecule has 0 heterocycles. The second kappa shape index (κ2) is 16.8. The van der Waals surface area contributed by atoms with Gasteiger partial charge in [0.2, 0.25) is 6.10 Å². The lowest BCUT2D eigenvalue weighted by Crippen LogP contribution is -2.61. The maximum atomic E-state index is 12.9. The molecule has 1 atom stereocenters. The van der Waals surface area contributed by atoms with Gasteiger partial charge in [0.05, 0.1) is 19.8 Å². The van der Waals surface area contributed by atoms with E-state index >= 15 is 0 Å². The molecular weight excluding hydrogens is 459 g/mol. The molecule has 1 aromatic rings. The standard InChI is InChI=1S/C26H37FO8/c1-4-32-23(28)22(26(31,24(29)33-5-2)25(30)34-6-3)35-19-13-11-9-7-8-10-12-14-20-15-17-21(27)18-16-20/h12,14-18,22,31H,4-11,13,19H2,1-3H3. The van der Waals surface area contributed by atoms with Gasteiger partial charge in [0.15, 0.2) is 0 Å². The van der Waals surface area contributed by atoms with Gasteiger partial charge in [0.1, 0.15) is 5.82 Å². The molecule has 0 saturated heterocycles. The van der Waals surface area contributed by atoms with Crippen LogP contribution in [0.2, 0.25) is 0 Å². The molecule has 1 aromatic carbocycles. The number of esters is 3. The molecule has 0 saturated carbocycles. The van der Waals surface area contributed by atoms with Gasteiger partial charge in [-0.05, 0) is 57.7 Å². The number of unbranched alkanes of at least 4 members (excludes halogenated alkanes) is 5. The van der Waals surface area contributed by atoms with E-state index in [1.165, 1.54) is 26.0 Å². The summed E-state index contributed by atoms with van der Waals surface area (Å²) in [6.45, 7) is 4.32. The molecule has 0 radical (unpaired) electrons. The zero-order valence-electron chi connectivity index (χ0n) is 20.8. The van der Waals surface area contributed by atoms with Crippen LogP contribution in [0.4, 0.5) is 4.39 Å². The van der Waals surface area contributed by atoms with E-state index in [1.807, 2.05) is 12.2 Å². The van der Waals surface area contributed by atoms with Crippen LogP contribution in [0.3, 0.4) is 0 Å². The average Bonchev–Trinajstić information content (AvgIpc) is 2.83. The number of carbonyl (C=O) groups excluding carboxylic acids is 3. The number of halogens is 1. The van der Waals surface area contributed by atoms with Crippen LogP contribution in [-0.2, 0) is 33.3 Å². The van der Waals surface area contributed by atoms with E-state index in [0.29, 0.717) is 6.42 Å². The minimum atomic E-state index is -2.96. The Morgan fingerprint density at radius 2 is 1.43 bits per heavy atom. The number of carbonyl (C=O) groups is 3. The Hall–Kier alpha value is -2.78. The number of rotatable bonds is 17. The smallest absolute Gasteiger partial charge is 0.353 e. The summed E-state index contributed by atoms with van der Waals surface area (Å²) in [4.78, 5) is 37.3. The number of hydrogen-bond acceptors (Lipinski definition) is 8. The Labute approximate surface area is 206 Å². The molecule has 0 aromatic heterocycles. The summed E-state index contributed by atoms with van der Waals surface area (Å²) in [7, 11) is 0. The van der Waals surface area contributed by atoms with Crippen molar-refractivity contribution >= 4 is 24.0 Å². The van der Waals surface area contributed by atoms with Crippen LogP contribution in [0.1, 0.15) is 64.9 Å².